The highest BCUT2D eigenvalue weighted by Crippen LogP contribution is 2.29. The van der Waals surface area contributed by atoms with Crippen molar-refractivity contribution in [1.82, 2.24) is 0 Å². The van der Waals surface area contributed by atoms with Gasteiger partial charge in [-0.1, -0.05) is 0 Å². The van der Waals surface area contributed by atoms with Crippen molar-refractivity contribution in [1.29, 1.82) is 0 Å². The zero-order valence-electron chi connectivity index (χ0n) is 10.8. The molecule has 4 N–H and O–H groups in total. The van der Waals surface area contributed by atoms with Crippen LogP contribution in [0.25, 0.3) is 0 Å². The molecular weight excluding hydrogens is 248 g/mol. The summed E-state index contributed by atoms with van der Waals surface area (Å²) >= 11 is 0. The number of morpholine rings is 1. The molecule has 1 saturated heterocycles. The highest BCUT2D eigenvalue weighted by Gasteiger charge is 2.26. The summed E-state index contributed by atoms with van der Waals surface area (Å²) in [6.45, 7) is 3.73. The van der Waals surface area contributed by atoms with Crippen LogP contribution in [0.1, 0.15) is 6.92 Å². The number of nitrogens with zero attached hydrogens (tertiary/aromatic N) is 2. The van der Waals surface area contributed by atoms with Crippen LogP contribution in [0, 0.1) is 10.1 Å². The molecule has 1 aliphatic rings. The van der Waals surface area contributed by atoms with Crippen LogP contribution in [-0.4, -0.2) is 36.8 Å². The standard InChI is InChI=1S/C12H18N4O3/c1-8-7-19-10(5-13)6-15(8)9-2-3-12(16(17)18)11(14)4-9/h2-4,8,10H,5-7,13-14H2,1H3/t8-,10-/m1/s1. The second kappa shape index (κ2) is 5.41. The van der Waals surface area contributed by atoms with Crippen LogP contribution in [0.15, 0.2) is 18.2 Å². The molecule has 1 aliphatic heterocycles. The van der Waals surface area contributed by atoms with E-state index in [9.17, 15) is 10.1 Å². The fraction of sp³-hybridized carbons (Fsp3) is 0.500. The number of hydrogen-bond donors (Lipinski definition) is 2. The van der Waals surface area contributed by atoms with Gasteiger partial charge in [0, 0.05) is 30.9 Å². The molecule has 1 heterocycles. The van der Waals surface area contributed by atoms with Crippen LogP contribution in [-0.2, 0) is 4.74 Å². The van der Waals surface area contributed by atoms with Gasteiger partial charge in [0.15, 0.2) is 0 Å². The van der Waals surface area contributed by atoms with E-state index >= 15 is 0 Å². The molecule has 0 amide bonds. The Hall–Kier alpha value is -1.86. The summed E-state index contributed by atoms with van der Waals surface area (Å²) in [7, 11) is 0. The normalized spacial score (nSPS) is 23.4. The third-order valence-corrected chi connectivity index (χ3v) is 3.31. The minimum absolute atomic E-state index is 0.0207. The Labute approximate surface area is 111 Å². The molecule has 2 atom stereocenters. The van der Waals surface area contributed by atoms with E-state index in [4.69, 9.17) is 16.2 Å². The first-order valence-electron chi connectivity index (χ1n) is 6.15. The molecule has 1 aromatic carbocycles. The van der Waals surface area contributed by atoms with Crippen molar-refractivity contribution in [2.45, 2.75) is 19.1 Å². The van der Waals surface area contributed by atoms with Gasteiger partial charge in [-0.15, -0.1) is 0 Å². The first-order chi connectivity index (χ1) is 9.02. The highest BCUT2D eigenvalue weighted by atomic mass is 16.6. The lowest BCUT2D eigenvalue weighted by Crippen LogP contribution is -2.50. The molecule has 0 saturated carbocycles. The van der Waals surface area contributed by atoms with Crippen LogP contribution in [0.2, 0.25) is 0 Å². The Kier molecular flexibility index (Phi) is 3.87. The Morgan fingerprint density at radius 1 is 1.58 bits per heavy atom. The van der Waals surface area contributed by atoms with E-state index in [1.807, 2.05) is 6.92 Å². The molecule has 7 nitrogen and oxygen atoms in total. The monoisotopic (exact) mass is 266 g/mol. The molecular formula is C12H18N4O3. The van der Waals surface area contributed by atoms with Gasteiger partial charge in [-0.3, -0.25) is 10.1 Å². The summed E-state index contributed by atoms with van der Waals surface area (Å²) in [6.07, 6.45) is -0.0207. The van der Waals surface area contributed by atoms with Crippen LogP contribution < -0.4 is 16.4 Å². The average Bonchev–Trinajstić information content (AvgIpc) is 2.38. The zero-order valence-corrected chi connectivity index (χ0v) is 10.8. The summed E-state index contributed by atoms with van der Waals surface area (Å²) < 4.78 is 5.58. The third-order valence-electron chi connectivity index (χ3n) is 3.31. The van der Waals surface area contributed by atoms with E-state index in [1.54, 1.807) is 12.1 Å². The molecule has 0 unspecified atom stereocenters. The molecule has 0 radical (unpaired) electrons. The van der Waals surface area contributed by atoms with Gasteiger partial charge in [0.05, 0.1) is 17.6 Å². The fourth-order valence-corrected chi connectivity index (χ4v) is 2.21. The maximum Gasteiger partial charge on any atom is 0.292 e. The molecule has 19 heavy (non-hydrogen) atoms. The van der Waals surface area contributed by atoms with Gasteiger partial charge in [-0.2, -0.15) is 0 Å². The summed E-state index contributed by atoms with van der Waals surface area (Å²) in [5.41, 5.74) is 12.3. The topological polar surface area (TPSA) is 108 Å². The Bertz CT molecular complexity index is 480. The number of nitrogens with two attached hydrogens (primary N) is 2. The van der Waals surface area contributed by atoms with Crippen LogP contribution in [0.4, 0.5) is 17.1 Å². The number of hydrogen-bond acceptors (Lipinski definition) is 6. The average molecular weight is 266 g/mol. The highest BCUT2D eigenvalue weighted by molar-refractivity contribution is 5.67. The molecule has 2 rings (SSSR count). The molecule has 0 bridgehead atoms. The largest absolute Gasteiger partial charge is 0.393 e. The first-order valence-corrected chi connectivity index (χ1v) is 6.15. The molecule has 1 fully saturated rings. The predicted octanol–water partition coefficient (Wildman–Crippen LogP) is 0.729. The van der Waals surface area contributed by atoms with E-state index in [-0.39, 0.29) is 23.5 Å². The van der Waals surface area contributed by atoms with E-state index < -0.39 is 4.92 Å². The van der Waals surface area contributed by atoms with Gasteiger partial charge in [0.1, 0.15) is 5.69 Å². The smallest absolute Gasteiger partial charge is 0.292 e. The zero-order chi connectivity index (χ0) is 14.0. The van der Waals surface area contributed by atoms with E-state index in [1.165, 1.54) is 6.07 Å². The lowest BCUT2D eigenvalue weighted by Gasteiger charge is -2.39. The summed E-state index contributed by atoms with van der Waals surface area (Å²) in [4.78, 5) is 12.4. The number of ether oxygens (including phenoxy) is 1. The van der Waals surface area contributed by atoms with Gasteiger partial charge in [0.25, 0.3) is 5.69 Å². The fourth-order valence-electron chi connectivity index (χ4n) is 2.21. The Balaban J connectivity index is 2.25. The first kappa shape index (κ1) is 13.6. The van der Waals surface area contributed by atoms with Crippen molar-refractivity contribution in [2.75, 3.05) is 30.3 Å². The molecule has 7 heteroatoms. The number of nitrogen functional groups attached to an aromatic ring is 1. The van der Waals surface area contributed by atoms with Crippen molar-refractivity contribution in [2.24, 2.45) is 5.73 Å². The number of anilines is 2. The quantitative estimate of drug-likeness (QED) is 0.474. The van der Waals surface area contributed by atoms with E-state index in [0.717, 1.165) is 5.69 Å². The number of nitro benzene ring substituents is 1. The second-order valence-corrected chi connectivity index (χ2v) is 4.69. The molecule has 104 valence electrons. The van der Waals surface area contributed by atoms with Gasteiger partial charge in [-0.05, 0) is 19.1 Å². The van der Waals surface area contributed by atoms with Crippen molar-refractivity contribution < 1.29 is 9.66 Å². The van der Waals surface area contributed by atoms with Crippen molar-refractivity contribution in [3.63, 3.8) is 0 Å². The van der Waals surface area contributed by atoms with Crippen molar-refractivity contribution >= 4 is 17.1 Å². The number of rotatable bonds is 3. The lowest BCUT2D eigenvalue weighted by atomic mass is 10.1. The van der Waals surface area contributed by atoms with Gasteiger partial charge in [-0.25, -0.2) is 0 Å². The summed E-state index contributed by atoms with van der Waals surface area (Å²) in [6, 6.07) is 4.96. The van der Waals surface area contributed by atoms with E-state index in [0.29, 0.717) is 19.7 Å². The van der Waals surface area contributed by atoms with Gasteiger partial charge in [0.2, 0.25) is 0 Å². The van der Waals surface area contributed by atoms with Crippen molar-refractivity contribution in [3.8, 4) is 0 Å². The van der Waals surface area contributed by atoms with Crippen LogP contribution >= 0.6 is 0 Å². The molecule has 0 aromatic heterocycles. The number of nitro groups is 1. The van der Waals surface area contributed by atoms with E-state index in [2.05, 4.69) is 4.90 Å². The maximum absolute atomic E-state index is 10.7. The van der Waals surface area contributed by atoms with Gasteiger partial charge >= 0.3 is 0 Å². The third kappa shape index (κ3) is 2.77. The lowest BCUT2D eigenvalue weighted by molar-refractivity contribution is -0.383. The summed E-state index contributed by atoms with van der Waals surface area (Å²) in [5, 5.41) is 10.7. The molecule has 0 aliphatic carbocycles. The predicted molar refractivity (Wildman–Crippen MR) is 73.1 cm³/mol. The summed E-state index contributed by atoms with van der Waals surface area (Å²) in [5.74, 6) is 0. The minimum atomic E-state index is -0.482. The number of benzene rings is 1. The van der Waals surface area contributed by atoms with Gasteiger partial charge < -0.3 is 21.1 Å². The molecule has 1 aromatic rings. The Morgan fingerprint density at radius 3 is 2.89 bits per heavy atom. The second-order valence-electron chi connectivity index (χ2n) is 4.69. The van der Waals surface area contributed by atoms with Crippen LogP contribution in [0.5, 0.6) is 0 Å². The maximum atomic E-state index is 10.7. The minimum Gasteiger partial charge on any atom is -0.393 e. The van der Waals surface area contributed by atoms with Crippen LogP contribution in [0.3, 0.4) is 0 Å². The SMILES string of the molecule is C[C@@H]1CO[C@H](CN)CN1c1ccc([N+](=O)[O-])c(N)c1. The Morgan fingerprint density at radius 2 is 2.32 bits per heavy atom. The molecule has 0 spiro atoms. The van der Waals surface area contributed by atoms with Crippen molar-refractivity contribution in [3.05, 3.63) is 28.3 Å².